The quantitative estimate of drug-likeness (QED) is 0.620. The molecule has 3 aromatic carbocycles. The minimum absolute atomic E-state index is 0.421. The van der Waals surface area contributed by atoms with Crippen molar-refractivity contribution in [1.82, 2.24) is 0 Å². The van der Waals surface area contributed by atoms with Crippen LogP contribution >= 0.6 is 0 Å². The molecule has 22 heavy (non-hydrogen) atoms. The van der Waals surface area contributed by atoms with Crippen LogP contribution in [0, 0.1) is 6.07 Å². The van der Waals surface area contributed by atoms with Crippen LogP contribution < -0.4 is 4.43 Å². The molecule has 0 amide bonds. The van der Waals surface area contributed by atoms with Gasteiger partial charge in [0, 0.05) is 5.92 Å². The van der Waals surface area contributed by atoms with Crippen molar-refractivity contribution in [2.24, 2.45) is 0 Å². The van der Waals surface area contributed by atoms with Crippen LogP contribution in [0.15, 0.2) is 84.9 Å². The molecule has 0 aliphatic rings. The zero-order valence-electron chi connectivity index (χ0n) is 12.5. The Morgan fingerprint density at radius 2 is 1.32 bits per heavy atom. The molecular weight excluding hydrogens is 284 g/mol. The molecule has 0 aliphatic carbocycles. The van der Waals surface area contributed by atoms with E-state index in [-0.39, 0.29) is 0 Å². The first kappa shape index (κ1) is 14.6. The lowest BCUT2D eigenvalue weighted by atomic mass is 9.93. The third kappa shape index (κ3) is 3.86. The summed E-state index contributed by atoms with van der Waals surface area (Å²) in [6.07, 6.45) is 0. The highest BCUT2D eigenvalue weighted by Gasteiger charge is 2.14. The van der Waals surface area contributed by atoms with Gasteiger partial charge in [0.2, 0.25) is 9.76 Å². The lowest BCUT2D eigenvalue weighted by Crippen LogP contribution is -2.09. The van der Waals surface area contributed by atoms with Crippen molar-refractivity contribution in [3.05, 3.63) is 102 Å². The Morgan fingerprint density at radius 1 is 0.773 bits per heavy atom. The molecule has 0 bridgehead atoms. The molecule has 0 saturated carbocycles. The van der Waals surface area contributed by atoms with E-state index < -0.39 is 9.76 Å². The monoisotopic (exact) mass is 303 g/mol. The maximum absolute atomic E-state index is 6.00. The van der Waals surface area contributed by atoms with Crippen molar-refractivity contribution in [3.8, 4) is 5.75 Å². The van der Waals surface area contributed by atoms with Crippen LogP contribution in [-0.4, -0.2) is 9.76 Å². The fraction of sp³-hybridized carbons (Fsp3) is 0.100. The van der Waals surface area contributed by atoms with Gasteiger partial charge in [-0.25, -0.2) is 0 Å². The van der Waals surface area contributed by atoms with Crippen molar-refractivity contribution in [3.63, 3.8) is 0 Å². The molecule has 2 heteroatoms. The van der Waals surface area contributed by atoms with E-state index in [0.29, 0.717) is 5.92 Å². The Kier molecular flexibility index (Phi) is 5.06. The van der Waals surface area contributed by atoms with Crippen LogP contribution in [0.5, 0.6) is 5.75 Å². The molecule has 0 heterocycles. The summed E-state index contributed by atoms with van der Waals surface area (Å²) in [5, 5.41) is 0. The van der Waals surface area contributed by atoms with Crippen LogP contribution in [-0.2, 0) is 0 Å². The largest absolute Gasteiger partial charge is 0.549 e. The van der Waals surface area contributed by atoms with Gasteiger partial charge in [-0.15, -0.1) is 0 Å². The Balaban J connectivity index is 1.72. The molecule has 0 fully saturated rings. The van der Waals surface area contributed by atoms with Gasteiger partial charge in [-0.2, -0.15) is 0 Å². The van der Waals surface area contributed by atoms with Crippen molar-refractivity contribution < 1.29 is 4.43 Å². The van der Waals surface area contributed by atoms with E-state index >= 15 is 0 Å². The van der Waals surface area contributed by atoms with Crippen molar-refractivity contribution >= 4 is 9.76 Å². The van der Waals surface area contributed by atoms with Gasteiger partial charge in [0.25, 0.3) is 0 Å². The maximum Gasteiger partial charge on any atom is 0.220 e. The topological polar surface area (TPSA) is 9.23 Å². The highest BCUT2D eigenvalue weighted by molar-refractivity contribution is 6.28. The van der Waals surface area contributed by atoms with Gasteiger partial charge in [0.05, 0.1) is 0 Å². The normalized spacial score (nSPS) is 11.1. The van der Waals surface area contributed by atoms with E-state index in [0.717, 1.165) is 11.8 Å². The molecule has 3 aromatic rings. The molecule has 0 unspecified atom stereocenters. The average Bonchev–Trinajstić information content (AvgIpc) is 2.61. The summed E-state index contributed by atoms with van der Waals surface area (Å²) in [6.45, 7) is 0. The fourth-order valence-electron chi connectivity index (χ4n) is 2.66. The highest BCUT2D eigenvalue weighted by atomic mass is 28.2. The summed E-state index contributed by atoms with van der Waals surface area (Å²) in [5.41, 5.74) is 2.73. The second-order valence-corrected chi connectivity index (χ2v) is 6.52. The SMILES string of the molecule is [c]1ccc(O[SiH2]CC(c2ccccc2)c2ccccc2)cc1. The number of hydrogen-bond acceptors (Lipinski definition) is 1. The van der Waals surface area contributed by atoms with Crippen LogP contribution in [0.1, 0.15) is 17.0 Å². The van der Waals surface area contributed by atoms with E-state index in [1.807, 2.05) is 24.3 Å². The summed E-state index contributed by atoms with van der Waals surface area (Å²) >= 11 is 0. The molecule has 1 radical (unpaired) electrons. The summed E-state index contributed by atoms with van der Waals surface area (Å²) in [4.78, 5) is 0. The number of rotatable bonds is 6. The van der Waals surface area contributed by atoms with Crippen molar-refractivity contribution in [2.45, 2.75) is 12.0 Å². The van der Waals surface area contributed by atoms with E-state index in [4.69, 9.17) is 4.43 Å². The number of hydrogen-bond donors (Lipinski definition) is 0. The molecule has 3 rings (SSSR count). The lowest BCUT2D eigenvalue weighted by molar-refractivity contribution is 0.587. The molecule has 0 atom stereocenters. The molecule has 109 valence electrons. The zero-order valence-corrected chi connectivity index (χ0v) is 13.9. The van der Waals surface area contributed by atoms with Gasteiger partial charge >= 0.3 is 0 Å². The van der Waals surface area contributed by atoms with Gasteiger partial charge in [-0.05, 0) is 35.4 Å². The van der Waals surface area contributed by atoms with Gasteiger partial charge in [0.15, 0.2) is 0 Å². The highest BCUT2D eigenvalue weighted by Crippen LogP contribution is 2.28. The predicted octanol–water partition coefficient (Wildman–Crippen LogP) is 4.20. The first-order valence-electron chi connectivity index (χ1n) is 7.62. The first-order chi connectivity index (χ1) is 10.9. The molecule has 0 aliphatic heterocycles. The lowest BCUT2D eigenvalue weighted by Gasteiger charge is -2.18. The molecule has 0 N–H and O–H groups in total. The summed E-state index contributed by atoms with van der Waals surface area (Å²) in [7, 11) is -0.636. The maximum atomic E-state index is 6.00. The van der Waals surface area contributed by atoms with Crippen molar-refractivity contribution in [1.29, 1.82) is 0 Å². The second kappa shape index (κ2) is 7.62. The standard InChI is InChI=1S/C20H19OSi/c1-4-10-17(11-5-1)20(18-12-6-2-7-13-18)16-22-21-19-14-8-3-9-15-19/h1-2,4-15,20H,16,22H2. The zero-order chi connectivity index (χ0) is 15.0. The van der Waals surface area contributed by atoms with E-state index in [2.05, 4.69) is 66.7 Å². The summed E-state index contributed by atoms with van der Waals surface area (Å²) in [6, 6.07) is 33.3. The van der Waals surface area contributed by atoms with Crippen LogP contribution in [0.25, 0.3) is 0 Å². The van der Waals surface area contributed by atoms with Crippen molar-refractivity contribution in [2.75, 3.05) is 0 Å². The number of benzene rings is 3. The van der Waals surface area contributed by atoms with E-state index in [1.165, 1.54) is 11.1 Å². The summed E-state index contributed by atoms with van der Waals surface area (Å²) < 4.78 is 6.00. The summed E-state index contributed by atoms with van der Waals surface area (Å²) in [5.74, 6) is 1.38. The second-order valence-electron chi connectivity index (χ2n) is 5.25. The Labute approximate surface area is 134 Å². The van der Waals surface area contributed by atoms with E-state index in [1.54, 1.807) is 0 Å². The third-order valence-electron chi connectivity index (χ3n) is 3.77. The van der Waals surface area contributed by atoms with Crippen LogP contribution in [0.3, 0.4) is 0 Å². The first-order valence-corrected chi connectivity index (χ1v) is 9.20. The van der Waals surface area contributed by atoms with Gasteiger partial charge in [-0.3, -0.25) is 0 Å². The Bertz CT molecular complexity index is 628. The molecule has 0 saturated heterocycles. The van der Waals surface area contributed by atoms with Crippen LogP contribution in [0.4, 0.5) is 0 Å². The Hall–Kier alpha value is -2.32. The van der Waals surface area contributed by atoms with Gasteiger partial charge in [0.1, 0.15) is 5.75 Å². The predicted molar refractivity (Wildman–Crippen MR) is 94.0 cm³/mol. The molecular formula is C20H19OSi. The molecule has 0 aromatic heterocycles. The third-order valence-corrected chi connectivity index (χ3v) is 5.12. The van der Waals surface area contributed by atoms with Gasteiger partial charge in [-0.1, -0.05) is 72.8 Å². The Morgan fingerprint density at radius 3 is 1.86 bits per heavy atom. The van der Waals surface area contributed by atoms with Crippen LogP contribution in [0.2, 0.25) is 6.04 Å². The van der Waals surface area contributed by atoms with Gasteiger partial charge < -0.3 is 4.43 Å². The minimum atomic E-state index is -0.636. The minimum Gasteiger partial charge on any atom is -0.549 e. The molecule has 1 nitrogen and oxygen atoms in total. The average molecular weight is 303 g/mol. The van der Waals surface area contributed by atoms with E-state index in [9.17, 15) is 0 Å². The fourth-order valence-corrected chi connectivity index (χ4v) is 4.11. The molecule has 0 spiro atoms. The smallest absolute Gasteiger partial charge is 0.220 e.